The lowest BCUT2D eigenvalue weighted by Crippen LogP contribution is -2.15. The minimum atomic E-state index is -0.210. The molecule has 0 unspecified atom stereocenters. The van der Waals surface area contributed by atoms with Crippen molar-refractivity contribution in [1.29, 1.82) is 0 Å². The molecule has 0 bridgehead atoms. The highest BCUT2D eigenvalue weighted by Crippen LogP contribution is 2.32. The number of halogens is 4. The van der Waals surface area contributed by atoms with E-state index in [1.165, 1.54) is 11.8 Å². The lowest BCUT2D eigenvalue weighted by atomic mass is 10.2. The van der Waals surface area contributed by atoms with Crippen molar-refractivity contribution in [3.05, 3.63) is 68.6 Å². The van der Waals surface area contributed by atoms with Crippen LogP contribution in [0.1, 0.15) is 0 Å². The number of anilines is 1. The number of allylic oxidation sites excluding steroid dienone is 1. The van der Waals surface area contributed by atoms with Gasteiger partial charge in [-0.25, -0.2) is 0 Å². The second kappa shape index (κ2) is 10.00. The number of carbonyl (C=O) groups excluding carboxylic acids is 1. The number of rotatable bonds is 7. The van der Waals surface area contributed by atoms with Crippen molar-refractivity contribution in [1.82, 2.24) is 14.8 Å². The van der Waals surface area contributed by atoms with E-state index in [4.69, 9.17) is 34.8 Å². The maximum Gasteiger partial charge on any atom is 0.234 e. The zero-order valence-corrected chi connectivity index (χ0v) is 19.5. The van der Waals surface area contributed by atoms with E-state index >= 15 is 0 Å². The number of aromatic nitrogens is 3. The first-order chi connectivity index (χ1) is 13.9. The molecule has 0 radical (unpaired) electrons. The van der Waals surface area contributed by atoms with Crippen LogP contribution in [0.5, 0.6) is 0 Å². The molecule has 5 nitrogen and oxygen atoms in total. The summed E-state index contributed by atoms with van der Waals surface area (Å²) >= 11 is 23.0. The van der Waals surface area contributed by atoms with Gasteiger partial charge in [0, 0.05) is 21.6 Å². The fourth-order valence-corrected chi connectivity index (χ4v) is 4.43. The van der Waals surface area contributed by atoms with Crippen molar-refractivity contribution in [2.75, 3.05) is 11.1 Å². The fraction of sp³-hybridized carbons (Fsp3) is 0.105. The van der Waals surface area contributed by atoms with Gasteiger partial charge in [0.15, 0.2) is 11.0 Å². The van der Waals surface area contributed by atoms with Gasteiger partial charge in [-0.3, -0.25) is 9.36 Å². The van der Waals surface area contributed by atoms with Crippen molar-refractivity contribution in [2.45, 2.75) is 11.7 Å². The van der Waals surface area contributed by atoms with Crippen LogP contribution in [0.4, 0.5) is 5.69 Å². The average Bonchev–Trinajstić information content (AvgIpc) is 3.05. The second-order valence-electron chi connectivity index (χ2n) is 5.79. The fourth-order valence-electron chi connectivity index (χ4n) is 2.47. The van der Waals surface area contributed by atoms with Gasteiger partial charge in [0.1, 0.15) is 0 Å². The molecular formula is C19H14BrCl3N4OS. The molecule has 2 aromatic carbocycles. The molecule has 0 aliphatic carbocycles. The molecule has 0 saturated carbocycles. The lowest BCUT2D eigenvalue weighted by molar-refractivity contribution is -0.113. The van der Waals surface area contributed by atoms with Crippen molar-refractivity contribution in [2.24, 2.45) is 0 Å². The number of benzene rings is 2. The third-order valence-electron chi connectivity index (χ3n) is 3.74. The normalized spacial score (nSPS) is 10.8. The minimum absolute atomic E-state index is 0.135. The van der Waals surface area contributed by atoms with E-state index in [2.05, 4.69) is 38.0 Å². The molecule has 3 aromatic rings. The number of hydrogen-bond acceptors (Lipinski definition) is 4. The Bertz CT molecular complexity index is 1070. The molecule has 10 heteroatoms. The molecule has 1 heterocycles. The minimum Gasteiger partial charge on any atom is -0.324 e. The van der Waals surface area contributed by atoms with E-state index in [0.717, 1.165) is 4.47 Å². The summed E-state index contributed by atoms with van der Waals surface area (Å²) in [6.45, 7) is 4.24. The van der Waals surface area contributed by atoms with Crippen molar-refractivity contribution in [3.8, 4) is 11.4 Å². The monoisotopic (exact) mass is 530 g/mol. The van der Waals surface area contributed by atoms with E-state index < -0.39 is 0 Å². The number of amides is 1. The largest absolute Gasteiger partial charge is 0.324 e. The molecule has 150 valence electrons. The van der Waals surface area contributed by atoms with Crippen LogP contribution in [0.3, 0.4) is 0 Å². The van der Waals surface area contributed by atoms with Crippen LogP contribution in [-0.2, 0) is 11.3 Å². The SMILES string of the molecule is C=CCn1c(SCC(=O)Nc2ccc(Br)cc2Cl)nnc1-c1ccc(Cl)cc1Cl. The zero-order valence-electron chi connectivity index (χ0n) is 14.8. The quantitative estimate of drug-likeness (QED) is 0.276. The van der Waals surface area contributed by atoms with Crippen molar-refractivity contribution >= 4 is 74.1 Å². The first-order valence-corrected chi connectivity index (χ1v) is 11.2. The standard InChI is InChI=1S/C19H14BrCl3N4OS/c1-2-7-27-18(13-5-4-12(21)9-14(13)22)25-26-19(27)29-10-17(28)24-16-6-3-11(20)8-15(16)23/h2-6,8-9H,1,7,10H2,(H,24,28). The maximum atomic E-state index is 12.3. The zero-order chi connectivity index (χ0) is 21.0. The van der Waals surface area contributed by atoms with Gasteiger partial charge in [0.25, 0.3) is 0 Å². The van der Waals surface area contributed by atoms with Gasteiger partial charge in [0.2, 0.25) is 5.91 Å². The van der Waals surface area contributed by atoms with Gasteiger partial charge >= 0.3 is 0 Å². The maximum absolute atomic E-state index is 12.3. The molecule has 0 aliphatic rings. The van der Waals surface area contributed by atoms with E-state index in [1.54, 1.807) is 42.5 Å². The molecule has 0 spiro atoms. The lowest BCUT2D eigenvalue weighted by Gasteiger charge is -2.10. The van der Waals surface area contributed by atoms with Crippen LogP contribution >= 0.6 is 62.5 Å². The summed E-state index contributed by atoms with van der Waals surface area (Å²) in [6.07, 6.45) is 1.72. The molecule has 0 atom stereocenters. The third-order valence-corrected chi connectivity index (χ3v) is 6.06. The van der Waals surface area contributed by atoms with Gasteiger partial charge in [0.05, 0.1) is 21.5 Å². The third kappa shape index (κ3) is 5.55. The van der Waals surface area contributed by atoms with E-state index in [-0.39, 0.29) is 11.7 Å². The highest BCUT2D eigenvalue weighted by Gasteiger charge is 2.17. The Morgan fingerprint density at radius 2 is 1.97 bits per heavy atom. The van der Waals surface area contributed by atoms with Crippen molar-refractivity contribution < 1.29 is 4.79 Å². The molecule has 1 aromatic heterocycles. The first-order valence-electron chi connectivity index (χ1n) is 8.26. The molecule has 0 saturated heterocycles. The molecule has 29 heavy (non-hydrogen) atoms. The Labute approximate surface area is 195 Å². The Morgan fingerprint density at radius 1 is 1.17 bits per heavy atom. The smallest absolute Gasteiger partial charge is 0.234 e. The number of nitrogens with zero attached hydrogens (tertiary/aromatic N) is 3. The Balaban J connectivity index is 1.76. The summed E-state index contributed by atoms with van der Waals surface area (Å²) in [7, 11) is 0. The Kier molecular flexibility index (Phi) is 7.65. The number of thioether (sulfide) groups is 1. The average molecular weight is 533 g/mol. The summed E-state index contributed by atoms with van der Waals surface area (Å²) in [5.41, 5.74) is 1.24. The topological polar surface area (TPSA) is 59.8 Å². The predicted octanol–water partition coefficient (Wildman–Crippen LogP) is 6.58. The molecular weight excluding hydrogens is 519 g/mol. The van der Waals surface area contributed by atoms with Crippen LogP contribution in [0.2, 0.25) is 15.1 Å². The van der Waals surface area contributed by atoms with Gasteiger partial charge in [-0.15, -0.1) is 16.8 Å². The second-order valence-corrected chi connectivity index (χ2v) is 8.90. The van der Waals surface area contributed by atoms with E-state index in [9.17, 15) is 4.79 Å². The Morgan fingerprint density at radius 3 is 2.66 bits per heavy atom. The van der Waals surface area contributed by atoms with E-state index in [1.807, 2.05) is 4.57 Å². The van der Waals surface area contributed by atoms with Crippen LogP contribution in [-0.4, -0.2) is 26.4 Å². The summed E-state index contributed by atoms with van der Waals surface area (Å²) < 4.78 is 2.67. The summed E-state index contributed by atoms with van der Waals surface area (Å²) in [5, 5.41) is 13.3. The summed E-state index contributed by atoms with van der Waals surface area (Å²) in [4.78, 5) is 12.3. The number of nitrogens with one attached hydrogen (secondary N) is 1. The Hall–Kier alpha value is -1.51. The van der Waals surface area contributed by atoms with Crippen LogP contribution in [0.25, 0.3) is 11.4 Å². The molecule has 0 fully saturated rings. The molecule has 3 rings (SSSR count). The van der Waals surface area contributed by atoms with Gasteiger partial charge in [-0.2, -0.15) is 0 Å². The highest BCUT2D eigenvalue weighted by atomic mass is 79.9. The van der Waals surface area contributed by atoms with Gasteiger partial charge < -0.3 is 5.32 Å². The molecule has 1 amide bonds. The van der Waals surface area contributed by atoms with Gasteiger partial charge in [-0.05, 0) is 36.4 Å². The number of hydrogen-bond donors (Lipinski definition) is 1. The molecule has 0 aliphatic heterocycles. The molecule has 1 N–H and O–H groups in total. The van der Waals surface area contributed by atoms with Crippen molar-refractivity contribution in [3.63, 3.8) is 0 Å². The number of carbonyl (C=O) groups is 1. The van der Waals surface area contributed by atoms with Gasteiger partial charge in [-0.1, -0.05) is 68.6 Å². The van der Waals surface area contributed by atoms with Crippen LogP contribution in [0, 0.1) is 0 Å². The first kappa shape index (κ1) is 22.2. The summed E-state index contributed by atoms with van der Waals surface area (Å²) in [6, 6.07) is 10.4. The van der Waals surface area contributed by atoms with E-state index in [0.29, 0.717) is 43.8 Å². The van der Waals surface area contributed by atoms with Crippen LogP contribution in [0.15, 0.2) is 58.7 Å². The van der Waals surface area contributed by atoms with Crippen LogP contribution < -0.4 is 5.32 Å². The predicted molar refractivity (Wildman–Crippen MR) is 124 cm³/mol. The summed E-state index contributed by atoms with van der Waals surface area (Å²) in [5.74, 6) is 0.500. The highest BCUT2D eigenvalue weighted by molar-refractivity contribution is 9.10.